The minimum absolute atomic E-state index is 0.297. The van der Waals surface area contributed by atoms with E-state index < -0.39 is 0 Å². The Labute approximate surface area is 139 Å². The zero-order chi connectivity index (χ0) is 16.8. The Bertz CT molecular complexity index is 745. The van der Waals surface area contributed by atoms with Crippen molar-refractivity contribution in [2.75, 3.05) is 25.3 Å². The molecule has 0 spiro atoms. The van der Waals surface area contributed by atoms with Gasteiger partial charge in [0, 0.05) is 11.1 Å². The first-order chi connectivity index (χ1) is 11.0. The molecule has 3 N–H and O–H groups in total. The van der Waals surface area contributed by atoms with Crippen LogP contribution in [0, 0.1) is 0 Å². The summed E-state index contributed by atoms with van der Waals surface area (Å²) in [6, 6.07) is 10.3. The van der Waals surface area contributed by atoms with Gasteiger partial charge >= 0.3 is 0 Å². The van der Waals surface area contributed by atoms with E-state index in [0.717, 1.165) is 5.56 Å². The lowest BCUT2D eigenvalue weighted by atomic mass is 10.2. The number of amides is 1. The summed E-state index contributed by atoms with van der Waals surface area (Å²) >= 11 is 5.82. The molecule has 0 unspecified atom stereocenters. The van der Waals surface area contributed by atoms with E-state index in [1.165, 1.54) is 6.08 Å². The van der Waals surface area contributed by atoms with Crippen LogP contribution in [-0.2, 0) is 4.79 Å². The van der Waals surface area contributed by atoms with Crippen molar-refractivity contribution in [2.45, 2.75) is 0 Å². The number of nitrogens with two attached hydrogens (primary N) is 1. The molecule has 0 heterocycles. The minimum atomic E-state index is -0.297. The number of hydrogen-bond acceptors (Lipinski definition) is 4. The van der Waals surface area contributed by atoms with E-state index in [4.69, 9.17) is 26.8 Å². The molecule has 0 fully saturated rings. The maximum Gasteiger partial charge on any atom is 0.248 e. The fourth-order valence-corrected chi connectivity index (χ4v) is 2.13. The summed E-state index contributed by atoms with van der Waals surface area (Å²) in [6.07, 6.45) is 3.08. The van der Waals surface area contributed by atoms with Crippen LogP contribution in [0.25, 0.3) is 6.08 Å². The molecule has 0 aliphatic carbocycles. The van der Waals surface area contributed by atoms with Crippen LogP contribution < -0.4 is 20.5 Å². The van der Waals surface area contributed by atoms with Crippen molar-refractivity contribution >= 4 is 35.0 Å². The summed E-state index contributed by atoms with van der Waals surface area (Å²) in [5.74, 6) is 0.925. The average Bonchev–Trinajstić information content (AvgIpc) is 2.55. The van der Waals surface area contributed by atoms with Crippen molar-refractivity contribution < 1.29 is 14.3 Å². The lowest BCUT2D eigenvalue weighted by Crippen LogP contribution is -2.09. The number of benzene rings is 2. The molecule has 120 valence electrons. The van der Waals surface area contributed by atoms with Gasteiger partial charge in [-0.05, 0) is 42.0 Å². The van der Waals surface area contributed by atoms with Crippen molar-refractivity contribution in [1.29, 1.82) is 0 Å². The smallest absolute Gasteiger partial charge is 0.248 e. The maximum absolute atomic E-state index is 12.0. The lowest BCUT2D eigenvalue weighted by molar-refractivity contribution is -0.111. The molecule has 1 amide bonds. The standard InChI is InChI=1S/C17H17ClN2O3/c1-22-15-7-3-11(9-16(15)23-2)4-8-17(21)20-14-6-5-12(18)10-13(14)19/h3-10H,19H2,1-2H3,(H,20,21)/b8-4+. The fourth-order valence-electron chi connectivity index (χ4n) is 1.95. The van der Waals surface area contributed by atoms with E-state index in [9.17, 15) is 4.79 Å². The van der Waals surface area contributed by atoms with Crippen molar-refractivity contribution in [3.05, 3.63) is 53.1 Å². The zero-order valence-electron chi connectivity index (χ0n) is 12.8. The molecule has 2 rings (SSSR count). The van der Waals surface area contributed by atoms with Crippen LogP contribution in [0.1, 0.15) is 5.56 Å². The van der Waals surface area contributed by atoms with E-state index in [1.54, 1.807) is 50.6 Å². The van der Waals surface area contributed by atoms with Gasteiger partial charge in [0.1, 0.15) is 0 Å². The Kier molecular flexibility index (Phi) is 5.49. The van der Waals surface area contributed by atoms with Gasteiger partial charge < -0.3 is 20.5 Å². The third-order valence-electron chi connectivity index (χ3n) is 3.11. The average molecular weight is 333 g/mol. The summed E-state index contributed by atoms with van der Waals surface area (Å²) in [4.78, 5) is 12.0. The van der Waals surface area contributed by atoms with Gasteiger partial charge in [0.2, 0.25) is 5.91 Å². The number of carbonyl (C=O) groups excluding carboxylic acids is 1. The summed E-state index contributed by atoms with van der Waals surface area (Å²) in [5.41, 5.74) is 7.52. The number of anilines is 2. The maximum atomic E-state index is 12.0. The van der Waals surface area contributed by atoms with Crippen molar-refractivity contribution in [1.82, 2.24) is 0 Å². The van der Waals surface area contributed by atoms with Gasteiger partial charge in [-0.3, -0.25) is 4.79 Å². The topological polar surface area (TPSA) is 73.6 Å². The first kappa shape index (κ1) is 16.7. The summed E-state index contributed by atoms with van der Waals surface area (Å²) in [5, 5.41) is 3.21. The quantitative estimate of drug-likeness (QED) is 0.648. The van der Waals surface area contributed by atoms with Crippen LogP contribution >= 0.6 is 11.6 Å². The minimum Gasteiger partial charge on any atom is -0.493 e. The molecule has 0 radical (unpaired) electrons. The predicted octanol–water partition coefficient (Wildman–Crippen LogP) is 3.59. The van der Waals surface area contributed by atoms with E-state index in [0.29, 0.717) is 27.9 Å². The zero-order valence-corrected chi connectivity index (χ0v) is 13.6. The van der Waals surface area contributed by atoms with Crippen LogP contribution in [0.15, 0.2) is 42.5 Å². The molecule has 0 atom stereocenters. The normalized spacial score (nSPS) is 10.6. The molecule has 0 saturated carbocycles. The predicted molar refractivity (Wildman–Crippen MR) is 93.1 cm³/mol. The number of ether oxygens (including phenoxy) is 2. The van der Waals surface area contributed by atoms with Crippen molar-refractivity contribution in [3.63, 3.8) is 0 Å². The first-order valence-electron chi connectivity index (χ1n) is 6.79. The first-order valence-corrected chi connectivity index (χ1v) is 7.17. The van der Waals surface area contributed by atoms with Gasteiger partial charge in [0.05, 0.1) is 25.6 Å². The second kappa shape index (κ2) is 7.56. The second-order valence-electron chi connectivity index (χ2n) is 4.67. The number of nitrogen functional groups attached to an aromatic ring is 1. The number of nitrogens with one attached hydrogen (secondary N) is 1. The third-order valence-corrected chi connectivity index (χ3v) is 3.34. The van der Waals surface area contributed by atoms with Crippen LogP contribution in [0.2, 0.25) is 5.02 Å². The van der Waals surface area contributed by atoms with Crippen molar-refractivity contribution in [2.24, 2.45) is 0 Å². The third kappa shape index (κ3) is 4.40. The number of rotatable bonds is 5. The Hall–Kier alpha value is -2.66. The highest BCUT2D eigenvalue weighted by molar-refractivity contribution is 6.31. The summed E-state index contributed by atoms with van der Waals surface area (Å²) in [7, 11) is 3.12. The van der Waals surface area contributed by atoms with Gasteiger partial charge in [0.25, 0.3) is 0 Å². The highest BCUT2D eigenvalue weighted by Gasteiger charge is 2.05. The Balaban J connectivity index is 2.09. The molecule has 0 bridgehead atoms. The molecule has 0 saturated heterocycles. The molecular weight excluding hydrogens is 316 g/mol. The molecule has 0 aliphatic heterocycles. The molecule has 6 heteroatoms. The summed E-state index contributed by atoms with van der Waals surface area (Å²) in [6.45, 7) is 0. The summed E-state index contributed by atoms with van der Waals surface area (Å²) < 4.78 is 10.4. The van der Waals surface area contributed by atoms with Gasteiger partial charge in [0.15, 0.2) is 11.5 Å². The van der Waals surface area contributed by atoms with Gasteiger partial charge in [-0.2, -0.15) is 0 Å². The molecule has 0 aliphatic rings. The molecule has 5 nitrogen and oxygen atoms in total. The molecular formula is C17H17ClN2O3. The SMILES string of the molecule is COc1ccc(/C=C/C(=O)Nc2ccc(Cl)cc2N)cc1OC. The highest BCUT2D eigenvalue weighted by Crippen LogP contribution is 2.28. The van der Waals surface area contributed by atoms with Crippen LogP contribution in [0.5, 0.6) is 11.5 Å². The molecule has 23 heavy (non-hydrogen) atoms. The molecule has 0 aromatic heterocycles. The van der Waals surface area contributed by atoms with Crippen molar-refractivity contribution in [3.8, 4) is 11.5 Å². The van der Waals surface area contributed by atoms with E-state index in [2.05, 4.69) is 5.32 Å². The Morgan fingerprint density at radius 2 is 1.87 bits per heavy atom. The van der Waals surface area contributed by atoms with Crippen LogP contribution in [0.3, 0.4) is 0 Å². The second-order valence-corrected chi connectivity index (χ2v) is 5.11. The molecule has 2 aromatic carbocycles. The highest BCUT2D eigenvalue weighted by atomic mass is 35.5. The number of methoxy groups -OCH3 is 2. The van der Waals surface area contributed by atoms with E-state index in [-0.39, 0.29) is 5.91 Å². The fraction of sp³-hybridized carbons (Fsp3) is 0.118. The van der Waals surface area contributed by atoms with E-state index >= 15 is 0 Å². The number of hydrogen-bond donors (Lipinski definition) is 2. The van der Waals surface area contributed by atoms with Gasteiger partial charge in [-0.1, -0.05) is 17.7 Å². The Morgan fingerprint density at radius 3 is 2.52 bits per heavy atom. The number of carbonyl (C=O) groups is 1. The van der Waals surface area contributed by atoms with E-state index in [1.807, 2.05) is 6.07 Å². The Morgan fingerprint density at radius 1 is 1.13 bits per heavy atom. The van der Waals surface area contributed by atoms with Crippen LogP contribution in [-0.4, -0.2) is 20.1 Å². The van der Waals surface area contributed by atoms with Gasteiger partial charge in [-0.15, -0.1) is 0 Å². The lowest BCUT2D eigenvalue weighted by Gasteiger charge is -2.08. The molecule has 2 aromatic rings. The number of halogens is 1. The monoisotopic (exact) mass is 332 g/mol. The largest absolute Gasteiger partial charge is 0.493 e. The van der Waals surface area contributed by atoms with Gasteiger partial charge in [-0.25, -0.2) is 0 Å². The van der Waals surface area contributed by atoms with Crippen LogP contribution in [0.4, 0.5) is 11.4 Å².